The molecule has 0 radical (unpaired) electrons. The van der Waals surface area contributed by atoms with Crippen molar-refractivity contribution < 1.29 is 59.1 Å². The SMILES string of the molecule is CC(C)[C@H](Oc1ccc(CNC(=O)[C@@H]2CCCN2C(=O)C[C@H](N)Cc2cc(F)ccc2F)cc1)C(=O)O.O=S(=O)(O)C(F)(F)F. The first-order valence-electron chi connectivity index (χ1n) is 13.6. The zero-order valence-electron chi connectivity index (χ0n) is 24.3. The Hall–Kier alpha value is -3.83. The number of hydrogen-bond donors (Lipinski definition) is 4. The smallest absolute Gasteiger partial charge is 0.478 e. The normalized spacial score (nSPS) is 16.4. The van der Waals surface area contributed by atoms with Crippen LogP contribution in [-0.2, 0) is 37.5 Å². The summed E-state index contributed by atoms with van der Waals surface area (Å²) in [6.45, 7) is 4.17. The van der Waals surface area contributed by atoms with Gasteiger partial charge in [0.05, 0.1) is 0 Å². The second-order valence-corrected chi connectivity index (χ2v) is 12.0. The van der Waals surface area contributed by atoms with Gasteiger partial charge in [0.25, 0.3) is 0 Å². The largest absolute Gasteiger partial charge is 0.522 e. The maximum absolute atomic E-state index is 13.9. The summed E-state index contributed by atoms with van der Waals surface area (Å²) in [4.78, 5) is 38.5. The molecule has 1 aliphatic heterocycles. The highest BCUT2D eigenvalue weighted by atomic mass is 32.2. The Balaban J connectivity index is 0.000000777. The maximum Gasteiger partial charge on any atom is 0.522 e. The zero-order chi connectivity index (χ0) is 34.1. The predicted octanol–water partition coefficient (Wildman–Crippen LogP) is 3.41. The molecule has 3 atom stereocenters. The number of hydrogen-bond acceptors (Lipinski definition) is 7. The maximum atomic E-state index is 13.9. The Morgan fingerprint density at radius 2 is 1.71 bits per heavy atom. The van der Waals surface area contributed by atoms with Gasteiger partial charge >= 0.3 is 21.6 Å². The van der Waals surface area contributed by atoms with E-state index < -0.39 is 51.4 Å². The highest BCUT2D eigenvalue weighted by molar-refractivity contribution is 7.86. The molecule has 0 aromatic heterocycles. The molecule has 2 aromatic carbocycles. The molecule has 2 amide bonds. The van der Waals surface area contributed by atoms with E-state index in [1.807, 2.05) is 0 Å². The molecule has 1 heterocycles. The van der Waals surface area contributed by atoms with Gasteiger partial charge < -0.3 is 25.8 Å². The quantitative estimate of drug-likeness (QED) is 0.159. The van der Waals surface area contributed by atoms with E-state index in [9.17, 15) is 41.4 Å². The minimum atomic E-state index is -5.84. The average molecular weight is 668 g/mol. The number of ether oxygens (including phenoxy) is 1. The molecule has 17 heteroatoms. The highest BCUT2D eigenvalue weighted by Crippen LogP contribution is 2.22. The third-order valence-corrected chi connectivity index (χ3v) is 7.18. The van der Waals surface area contributed by atoms with Crippen molar-refractivity contribution in [1.82, 2.24) is 10.2 Å². The Morgan fingerprint density at radius 3 is 2.24 bits per heavy atom. The van der Waals surface area contributed by atoms with Crippen LogP contribution in [0.4, 0.5) is 22.0 Å². The molecule has 0 unspecified atom stereocenters. The molecule has 0 spiro atoms. The molecule has 250 valence electrons. The zero-order valence-corrected chi connectivity index (χ0v) is 25.1. The van der Waals surface area contributed by atoms with E-state index in [-0.39, 0.29) is 42.7 Å². The number of nitrogens with one attached hydrogen (secondary N) is 1. The Kier molecular flexibility index (Phi) is 13.2. The lowest BCUT2D eigenvalue weighted by Gasteiger charge is -2.25. The summed E-state index contributed by atoms with van der Waals surface area (Å²) in [5.74, 6) is -2.58. The van der Waals surface area contributed by atoms with Gasteiger partial charge in [-0.1, -0.05) is 26.0 Å². The number of rotatable bonds is 11. The van der Waals surface area contributed by atoms with Crippen molar-refractivity contribution in [3.05, 3.63) is 65.2 Å². The number of carboxylic acid groups (broad SMARTS) is 1. The van der Waals surface area contributed by atoms with Crippen LogP contribution in [0.3, 0.4) is 0 Å². The Morgan fingerprint density at radius 1 is 1.11 bits per heavy atom. The third kappa shape index (κ3) is 11.6. The highest BCUT2D eigenvalue weighted by Gasteiger charge is 2.44. The van der Waals surface area contributed by atoms with Crippen LogP contribution in [0.2, 0.25) is 0 Å². The number of nitrogens with two attached hydrogens (primary N) is 1. The summed E-state index contributed by atoms with van der Waals surface area (Å²) >= 11 is 0. The number of aliphatic carboxylic acids is 1. The first-order valence-corrected chi connectivity index (χ1v) is 15.0. The van der Waals surface area contributed by atoms with E-state index in [1.165, 1.54) is 4.90 Å². The van der Waals surface area contributed by atoms with Crippen LogP contribution in [-0.4, -0.2) is 71.0 Å². The van der Waals surface area contributed by atoms with Crippen LogP contribution in [0, 0.1) is 17.6 Å². The van der Waals surface area contributed by atoms with Gasteiger partial charge in [0.15, 0.2) is 6.10 Å². The number of alkyl halides is 3. The third-order valence-electron chi connectivity index (χ3n) is 6.60. The van der Waals surface area contributed by atoms with E-state index in [0.29, 0.717) is 25.1 Å². The number of benzene rings is 2. The van der Waals surface area contributed by atoms with Gasteiger partial charge in [0.2, 0.25) is 11.8 Å². The Labute approximate surface area is 256 Å². The average Bonchev–Trinajstić information content (AvgIpc) is 3.42. The Bertz CT molecular complexity index is 1440. The lowest BCUT2D eigenvalue weighted by Crippen LogP contribution is -2.47. The van der Waals surface area contributed by atoms with Crippen LogP contribution in [0.1, 0.15) is 44.2 Å². The van der Waals surface area contributed by atoms with Crippen molar-refractivity contribution in [3.63, 3.8) is 0 Å². The van der Waals surface area contributed by atoms with Gasteiger partial charge in [-0.15, -0.1) is 0 Å². The van der Waals surface area contributed by atoms with Crippen LogP contribution >= 0.6 is 0 Å². The van der Waals surface area contributed by atoms with Crippen molar-refractivity contribution in [1.29, 1.82) is 0 Å². The molecule has 3 rings (SSSR count). The summed E-state index contributed by atoms with van der Waals surface area (Å²) in [7, 11) is -5.84. The molecule has 0 bridgehead atoms. The fourth-order valence-corrected chi connectivity index (χ4v) is 4.34. The number of carbonyl (C=O) groups is 3. The summed E-state index contributed by atoms with van der Waals surface area (Å²) in [5.41, 5.74) is 1.40. The minimum absolute atomic E-state index is 0.00409. The molecule has 11 nitrogen and oxygen atoms in total. The van der Waals surface area contributed by atoms with Gasteiger partial charge in [-0.05, 0) is 60.7 Å². The van der Waals surface area contributed by atoms with Crippen molar-refractivity contribution in [2.24, 2.45) is 11.7 Å². The summed E-state index contributed by atoms with van der Waals surface area (Å²) in [5, 5.41) is 12.1. The number of amides is 2. The van der Waals surface area contributed by atoms with Gasteiger partial charge in [-0.25, -0.2) is 13.6 Å². The summed E-state index contributed by atoms with van der Waals surface area (Å²) in [6.07, 6.45) is 0.144. The summed E-state index contributed by atoms with van der Waals surface area (Å²) < 4.78 is 90.4. The van der Waals surface area contributed by atoms with E-state index in [0.717, 1.165) is 23.8 Å². The molecule has 0 saturated carbocycles. The van der Waals surface area contributed by atoms with Gasteiger partial charge in [-0.3, -0.25) is 14.1 Å². The van der Waals surface area contributed by atoms with Crippen molar-refractivity contribution in [2.75, 3.05) is 6.54 Å². The molecular formula is C28H34F5N3O8S. The number of nitrogens with zero attached hydrogens (tertiary/aromatic N) is 1. The van der Waals surface area contributed by atoms with Crippen LogP contribution in [0.15, 0.2) is 42.5 Å². The van der Waals surface area contributed by atoms with E-state index >= 15 is 0 Å². The van der Waals surface area contributed by atoms with Crippen molar-refractivity contribution in [3.8, 4) is 5.75 Å². The molecule has 1 saturated heterocycles. The molecule has 1 aliphatic rings. The summed E-state index contributed by atoms with van der Waals surface area (Å²) in [6, 6.07) is 8.53. The lowest BCUT2D eigenvalue weighted by atomic mass is 10.0. The second-order valence-electron chi connectivity index (χ2n) is 10.6. The number of halogens is 5. The molecule has 2 aromatic rings. The molecular weight excluding hydrogens is 633 g/mol. The van der Waals surface area contributed by atoms with Crippen molar-refractivity contribution in [2.45, 2.75) is 69.8 Å². The monoisotopic (exact) mass is 667 g/mol. The van der Waals surface area contributed by atoms with Crippen LogP contribution in [0.25, 0.3) is 0 Å². The fraction of sp³-hybridized carbons (Fsp3) is 0.464. The first-order chi connectivity index (χ1) is 20.8. The fourth-order valence-electron chi connectivity index (χ4n) is 4.34. The van der Waals surface area contributed by atoms with E-state index in [4.69, 9.17) is 23.4 Å². The number of carbonyl (C=O) groups excluding carboxylic acids is 2. The van der Waals surface area contributed by atoms with E-state index in [2.05, 4.69) is 5.32 Å². The minimum Gasteiger partial charge on any atom is -0.478 e. The van der Waals surface area contributed by atoms with Gasteiger partial charge in [-0.2, -0.15) is 21.6 Å². The standard InChI is InChI=1S/C27H33F2N3O5.CHF3O3S/c1-16(2)25(27(35)36)37-21-8-5-17(6-9-21)15-31-26(34)23-4-3-11-32(23)24(33)14-20(30)13-18-12-19(28)7-10-22(18)29;2-1(3,4)8(5,6)7/h5-10,12,16,20,23,25H,3-4,11,13-15,30H2,1-2H3,(H,31,34)(H,35,36);(H,5,6,7)/t20-,23+,25+;/m1./s1. The lowest BCUT2D eigenvalue weighted by molar-refractivity contribution is -0.147. The van der Waals surface area contributed by atoms with E-state index in [1.54, 1.807) is 38.1 Å². The molecule has 1 fully saturated rings. The number of carboxylic acids is 1. The molecule has 0 aliphatic carbocycles. The van der Waals surface area contributed by atoms with Crippen molar-refractivity contribution >= 4 is 27.9 Å². The molecule has 5 N–H and O–H groups in total. The topological polar surface area (TPSA) is 176 Å². The second kappa shape index (κ2) is 15.9. The van der Waals surface area contributed by atoms with Gasteiger partial charge in [0, 0.05) is 31.5 Å². The predicted molar refractivity (Wildman–Crippen MR) is 150 cm³/mol. The van der Waals surface area contributed by atoms with Crippen LogP contribution in [0.5, 0.6) is 5.75 Å². The van der Waals surface area contributed by atoms with Crippen LogP contribution < -0.4 is 15.8 Å². The first kappa shape index (κ1) is 37.4. The number of likely N-dealkylation sites (tertiary alicyclic amines) is 1. The van der Waals surface area contributed by atoms with Gasteiger partial charge in [0.1, 0.15) is 23.4 Å². The molecule has 45 heavy (non-hydrogen) atoms.